The molecule has 1 heterocycles. The summed E-state index contributed by atoms with van der Waals surface area (Å²) in [6, 6.07) is 31.1. The third kappa shape index (κ3) is 5.91. The molecule has 4 heteroatoms. The second kappa shape index (κ2) is 13.6. The highest BCUT2D eigenvalue weighted by molar-refractivity contribution is 6.09. The fourth-order valence-electron chi connectivity index (χ4n) is 10.5. The van der Waals surface area contributed by atoms with Crippen LogP contribution in [0.4, 0.5) is 0 Å². The van der Waals surface area contributed by atoms with Gasteiger partial charge in [-0.15, -0.1) is 0 Å². The number of ether oxygens (including phenoxy) is 3. The molecule has 0 radical (unpaired) electrons. The highest BCUT2D eigenvalue weighted by Gasteiger charge is 2.52. The van der Waals surface area contributed by atoms with E-state index in [4.69, 9.17) is 14.2 Å². The lowest BCUT2D eigenvalue weighted by Crippen LogP contribution is -2.39. The Morgan fingerprint density at radius 2 is 1.38 bits per heavy atom. The van der Waals surface area contributed by atoms with Gasteiger partial charge in [-0.2, -0.15) is 0 Å². The van der Waals surface area contributed by atoms with Crippen LogP contribution in [0.1, 0.15) is 109 Å². The van der Waals surface area contributed by atoms with Crippen LogP contribution in [-0.2, 0) is 20.5 Å². The van der Waals surface area contributed by atoms with E-state index >= 15 is 0 Å². The molecule has 280 valence electrons. The van der Waals surface area contributed by atoms with Crippen LogP contribution in [0.25, 0.3) is 28.0 Å². The van der Waals surface area contributed by atoms with Crippen molar-refractivity contribution in [2.45, 2.75) is 96.5 Å². The smallest absolute Gasteiger partial charge is 0.333 e. The van der Waals surface area contributed by atoms with Crippen molar-refractivity contribution >= 4 is 22.8 Å². The molecule has 55 heavy (non-hydrogen) atoms. The molecule has 4 aliphatic rings. The molecule has 5 aromatic carbocycles. The van der Waals surface area contributed by atoms with Crippen LogP contribution in [-0.4, -0.2) is 19.2 Å². The summed E-state index contributed by atoms with van der Waals surface area (Å²) in [5.41, 5.74) is 12.9. The minimum atomic E-state index is -0.866. The second-order valence-electron chi connectivity index (χ2n) is 17.1. The Bertz CT molecular complexity index is 2350. The zero-order chi connectivity index (χ0) is 38.0. The number of hydrogen-bond donors (Lipinski definition) is 0. The van der Waals surface area contributed by atoms with Gasteiger partial charge in [-0.25, -0.2) is 4.79 Å². The fraction of sp³-hybridized carbons (Fsp3) is 0.353. The van der Waals surface area contributed by atoms with Crippen LogP contribution in [0.3, 0.4) is 0 Å². The Balaban J connectivity index is 1.18. The van der Waals surface area contributed by atoms with Gasteiger partial charge in [-0.05, 0) is 124 Å². The van der Waals surface area contributed by atoms with Crippen LogP contribution in [0.2, 0.25) is 0 Å². The molecule has 2 spiro atoms. The van der Waals surface area contributed by atoms with E-state index in [1.54, 1.807) is 6.92 Å². The predicted molar refractivity (Wildman–Crippen MR) is 223 cm³/mol. The summed E-state index contributed by atoms with van der Waals surface area (Å²) in [5, 5.41) is 2.45. The molecule has 0 amide bonds. The molecule has 9 rings (SSSR count). The first-order valence-electron chi connectivity index (χ1n) is 20.4. The number of carbonyl (C=O) groups is 1. The van der Waals surface area contributed by atoms with Crippen molar-refractivity contribution in [1.29, 1.82) is 0 Å². The zero-order valence-corrected chi connectivity index (χ0v) is 32.9. The first-order valence-corrected chi connectivity index (χ1v) is 20.4. The summed E-state index contributed by atoms with van der Waals surface area (Å²) in [7, 11) is 0. The van der Waals surface area contributed by atoms with E-state index in [1.807, 2.05) is 12.1 Å². The SMILES string of the molecule is C=C(C)C(=O)OCCOc1ccc(C2(c3ccc(C)cc3)C=Cc3c4c(c5ccc(C)cc5c3O2)-c2ccc(C)cc2C42CCC3(CCCCC3)CC2)cc1. The molecule has 0 N–H and O–H groups in total. The summed E-state index contributed by atoms with van der Waals surface area (Å²) in [6.45, 7) is 12.3. The van der Waals surface area contributed by atoms with Gasteiger partial charge in [0.1, 0.15) is 24.7 Å². The largest absolute Gasteiger partial charge is 0.490 e. The average molecular weight is 729 g/mol. The molecule has 5 aromatic rings. The molecule has 2 saturated carbocycles. The van der Waals surface area contributed by atoms with Crippen molar-refractivity contribution in [3.05, 3.63) is 148 Å². The lowest BCUT2D eigenvalue weighted by molar-refractivity contribution is -0.139. The highest BCUT2D eigenvalue weighted by atomic mass is 16.6. The average Bonchev–Trinajstić information content (AvgIpc) is 3.47. The maximum absolute atomic E-state index is 11.8. The van der Waals surface area contributed by atoms with Gasteiger partial charge < -0.3 is 14.2 Å². The molecule has 0 bridgehead atoms. The first kappa shape index (κ1) is 35.6. The van der Waals surface area contributed by atoms with Crippen molar-refractivity contribution in [1.82, 2.24) is 0 Å². The lowest BCUT2D eigenvalue weighted by Gasteiger charge is -2.49. The lowest BCUT2D eigenvalue weighted by atomic mass is 9.56. The van der Waals surface area contributed by atoms with Crippen LogP contribution in [0.5, 0.6) is 11.5 Å². The molecule has 0 aromatic heterocycles. The van der Waals surface area contributed by atoms with E-state index in [1.165, 1.54) is 113 Å². The van der Waals surface area contributed by atoms with Crippen LogP contribution >= 0.6 is 0 Å². The van der Waals surface area contributed by atoms with Gasteiger partial charge in [-0.3, -0.25) is 0 Å². The summed E-state index contributed by atoms with van der Waals surface area (Å²) in [6.07, 6.45) is 16.6. The number of carbonyl (C=O) groups excluding carboxylic acids is 1. The van der Waals surface area contributed by atoms with E-state index in [-0.39, 0.29) is 18.6 Å². The topological polar surface area (TPSA) is 44.8 Å². The van der Waals surface area contributed by atoms with Crippen LogP contribution in [0.15, 0.2) is 103 Å². The van der Waals surface area contributed by atoms with Gasteiger partial charge in [0.05, 0.1) is 0 Å². The van der Waals surface area contributed by atoms with Gasteiger partial charge in [0.25, 0.3) is 0 Å². The third-order valence-electron chi connectivity index (χ3n) is 13.4. The number of benzene rings is 5. The normalized spacial score (nSPS) is 20.1. The van der Waals surface area contributed by atoms with E-state index in [0.29, 0.717) is 16.7 Å². The summed E-state index contributed by atoms with van der Waals surface area (Å²) < 4.78 is 18.9. The predicted octanol–water partition coefficient (Wildman–Crippen LogP) is 12.4. The third-order valence-corrected chi connectivity index (χ3v) is 13.4. The molecule has 1 atom stereocenters. The van der Waals surface area contributed by atoms with E-state index in [9.17, 15) is 4.79 Å². The number of hydrogen-bond acceptors (Lipinski definition) is 4. The van der Waals surface area contributed by atoms with Gasteiger partial charge in [0.15, 0.2) is 5.60 Å². The van der Waals surface area contributed by atoms with Gasteiger partial charge >= 0.3 is 5.97 Å². The zero-order valence-electron chi connectivity index (χ0n) is 32.9. The molecule has 0 saturated heterocycles. The Morgan fingerprint density at radius 1 is 0.727 bits per heavy atom. The Morgan fingerprint density at radius 3 is 2.09 bits per heavy atom. The van der Waals surface area contributed by atoms with Crippen molar-refractivity contribution in [2.75, 3.05) is 13.2 Å². The summed E-state index contributed by atoms with van der Waals surface area (Å²) in [5.74, 6) is 1.27. The summed E-state index contributed by atoms with van der Waals surface area (Å²) in [4.78, 5) is 11.8. The van der Waals surface area contributed by atoms with Crippen LogP contribution in [0, 0.1) is 26.2 Å². The molecule has 1 aliphatic heterocycles. The maximum atomic E-state index is 11.8. The molecule has 3 aliphatic carbocycles. The Labute approximate surface area is 326 Å². The summed E-state index contributed by atoms with van der Waals surface area (Å²) >= 11 is 0. The number of aryl methyl sites for hydroxylation is 3. The van der Waals surface area contributed by atoms with Crippen molar-refractivity contribution in [3.63, 3.8) is 0 Å². The molecular formula is C51H52O4. The van der Waals surface area contributed by atoms with Crippen molar-refractivity contribution < 1.29 is 19.0 Å². The van der Waals surface area contributed by atoms with Gasteiger partial charge in [0, 0.05) is 33.1 Å². The van der Waals surface area contributed by atoms with E-state index in [2.05, 4.69) is 112 Å². The van der Waals surface area contributed by atoms with Crippen molar-refractivity contribution in [3.8, 4) is 22.6 Å². The molecule has 4 nitrogen and oxygen atoms in total. The molecular weight excluding hydrogens is 677 g/mol. The van der Waals surface area contributed by atoms with Crippen molar-refractivity contribution in [2.24, 2.45) is 5.41 Å². The standard InChI is InChI=1S/C51H52O4/c1-33(2)48(52)54-30-29-53-39-17-15-38(16-18-39)51(37-13-9-34(3)10-14-37)24-21-42-46-45(40-19-11-35(4)31-43(40)47(42)55-51)41-20-12-36(5)32-44(41)50(46)27-25-49(26-28-50)22-7-6-8-23-49/h9-21,24,31-32H,1,6-8,22-23,25-30H2,2-5H3. The van der Waals surface area contributed by atoms with E-state index < -0.39 is 11.6 Å². The Kier molecular flexibility index (Phi) is 8.79. The number of rotatable bonds is 7. The maximum Gasteiger partial charge on any atom is 0.333 e. The molecule has 1 unspecified atom stereocenters. The minimum Gasteiger partial charge on any atom is -0.490 e. The minimum absolute atomic E-state index is 0.0439. The van der Waals surface area contributed by atoms with Gasteiger partial charge in [-0.1, -0.05) is 115 Å². The Hall–Kier alpha value is -5.09. The monoisotopic (exact) mass is 728 g/mol. The van der Waals surface area contributed by atoms with E-state index in [0.717, 1.165) is 16.9 Å². The number of fused-ring (bicyclic) bond motifs is 10. The highest BCUT2D eigenvalue weighted by Crippen LogP contribution is 2.65. The number of esters is 1. The second-order valence-corrected chi connectivity index (χ2v) is 17.1. The van der Waals surface area contributed by atoms with Crippen LogP contribution < -0.4 is 9.47 Å². The molecule has 2 fully saturated rings. The quantitative estimate of drug-likeness (QED) is 0.0951. The fourth-order valence-corrected chi connectivity index (χ4v) is 10.5. The first-order chi connectivity index (χ1) is 26.6. The van der Waals surface area contributed by atoms with Gasteiger partial charge in [0.2, 0.25) is 0 Å².